The Labute approximate surface area is 184 Å². The van der Waals surface area contributed by atoms with Crippen molar-refractivity contribution in [1.29, 1.82) is 0 Å². The number of halogens is 1. The van der Waals surface area contributed by atoms with Crippen molar-refractivity contribution >= 4 is 27.5 Å². The van der Waals surface area contributed by atoms with Crippen LogP contribution in [0.5, 0.6) is 5.75 Å². The Hall–Kier alpha value is -3.19. The minimum atomic E-state index is -0.214. The van der Waals surface area contributed by atoms with Crippen molar-refractivity contribution in [1.82, 2.24) is 10.3 Å². The maximum absolute atomic E-state index is 12.0. The topological polar surface area (TPSA) is 72.8 Å². The maximum Gasteiger partial charge on any atom is 0.258 e. The van der Waals surface area contributed by atoms with E-state index in [0.717, 1.165) is 27.0 Å². The van der Waals surface area contributed by atoms with Crippen LogP contribution in [0.3, 0.4) is 0 Å². The number of carbonyl (C=O) groups is 1. The lowest BCUT2D eigenvalue weighted by molar-refractivity contribution is -0.123. The maximum atomic E-state index is 12.0. The molecule has 0 radical (unpaired) electrons. The quantitative estimate of drug-likeness (QED) is 0.371. The van der Waals surface area contributed by atoms with Crippen molar-refractivity contribution in [2.75, 3.05) is 6.61 Å². The van der Waals surface area contributed by atoms with Crippen molar-refractivity contribution in [3.05, 3.63) is 94.2 Å². The molecule has 0 saturated heterocycles. The average Bonchev–Trinajstić information content (AvgIpc) is 2.78. The lowest BCUT2D eigenvalue weighted by Crippen LogP contribution is -2.28. The van der Waals surface area contributed by atoms with Gasteiger partial charge in [-0.1, -0.05) is 51.4 Å². The van der Waals surface area contributed by atoms with Crippen LogP contribution in [0.25, 0.3) is 0 Å². The number of rotatable bonds is 9. The predicted octanol–water partition coefficient (Wildman–Crippen LogP) is 4.48. The predicted molar refractivity (Wildman–Crippen MR) is 119 cm³/mol. The Morgan fingerprint density at radius 3 is 2.70 bits per heavy atom. The molecule has 3 aromatic rings. The molecule has 3 rings (SSSR count). The van der Waals surface area contributed by atoms with Crippen LogP contribution in [0.1, 0.15) is 23.7 Å². The Balaban J connectivity index is 1.48. The van der Waals surface area contributed by atoms with E-state index < -0.39 is 0 Å². The molecule has 1 N–H and O–H groups in total. The molecule has 1 aromatic heterocycles. The molecule has 2 aromatic carbocycles. The second-order valence-corrected chi connectivity index (χ2v) is 7.41. The summed E-state index contributed by atoms with van der Waals surface area (Å²) in [5.74, 6) is 0.372. The van der Waals surface area contributed by atoms with Gasteiger partial charge in [-0.05, 0) is 48.9 Å². The van der Waals surface area contributed by atoms with Gasteiger partial charge in [0.2, 0.25) is 0 Å². The fourth-order valence-electron chi connectivity index (χ4n) is 2.54. The summed E-state index contributed by atoms with van der Waals surface area (Å²) in [5, 5.41) is 6.96. The molecule has 30 heavy (non-hydrogen) atoms. The van der Waals surface area contributed by atoms with Gasteiger partial charge < -0.3 is 14.9 Å². The summed E-state index contributed by atoms with van der Waals surface area (Å²) in [4.78, 5) is 21.6. The third-order valence-corrected chi connectivity index (χ3v) is 4.69. The highest BCUT2D eigenvalue weighted by atomic mass is 79.9. The van der Waals surface area contributed by atoms with Gasteiger partial charge in [0.1, 0.15) is 12.4 Å². The van der Waals surface area contributed by atoms with E-state index in [2.05, 4.69) is 31.4 Å². The van der Waals surface area contributed by atoms with Gasteiger partial charge in [0, 0.05) is 16.2 Å². The molecule has 0 aliphatic carbocycles. The van der Waals surface area contributed by atoms with E-state index in [1.807, 2.05) is 67.6 Å². The molecule has 154 valence electrons. The lowest BCUT2D eigenvalue weighted by atomic mass is 10.1. The molecule has 6 nitrogen and oxygen atoms in total. The summed E-state index contributed by atoms with van der Waals surface area (Å²) >= 11 is 3.41. The van der Waals surface area contributed by atoms with E-state index in [4.69, 9.17) is 9.57 Å². The van der Waals surface area contributed by atoms with Crippen LogP contribution in [0.2, 0.25) is 0 Å². The zero-order chi connectivity index (χ0) is 21.2. The smallest absolute Gasteiger partial charge is 0.258 e. The van der Waals surface area contributed by atoms with E-state index in [-0.39, 0.29) is 12.5 Å². The Bertz CT molecular complexity index is 992. The third kappa shape index (κ3) is 7.00. The van der Waals surface area contributed by atoms with Gasteiger partial charge in [0.15, 0.2) is 6.61 Å². The Morgan fingerprint density at radius 2 is 1.93 bits per heavy atom. The number of carbonyl (C=O) groups excluding carboxylic acids is 1. The zero-order valence-electron chi connectivity index (χ0n) is 16.5. The number of ether oxygens (including phenoxy) is 1. The van der Waals surface area contributed by atoms with Gasteiger partial charge in [-0.3, -0.25) is 9.78 Å². The first kappa shape index (κ1) is 21.5. The summed E-state index contributed by atoms with van der Waals surface area (Å²) in [5.41, 5.74) is 3.40. The molecule has 0 atom stereocenters. The molecule has 0 saturated carbocycles. The molecule has 0 aliphatic heterocycles. The Kier molecular flexibility index (Phi) is 7.97. The SMILES string of the molecule is CC(=NOCc1ccc(Br)cc1)c1cccc(OCC(=O)NCc2ccccn2)c1. The monoisotopic (exact) mass is 467 g/mol. The molecule has 1 amide bonds. The first-order valence-electron chi connectivity index (χ1n) is 9.41. The summed E-state index contributed by atoms with van der Waals surface area (Å²) in [7, 11) is 0. The Morgan fingerprint density at radius 1 is 1.10 bits per heavy atom. The van der Waals surface area contributed by atoms with Crippen LogP contribution in [-0.2, 0) is 22.8 Å². The highest BCUT2D eigenvalue weighted by Crippen LogP contribution is 2.15. The van der Waals surface area contributed by atoms with Crippen molar-refractivity contribution in [2.24, 2.45) is 5.16 Å². The van der Waals surface area contributed by atoms with Crippen LogP contribution in [0, 0.1) is 0 Å². The van der Waals surface area contributed by atoms with Gasteiger partial charge in [0.05, 0.1) is 18.0 Å². The van der Waals surface area contributed by atoms with Gasteiger partial charge in [-0.25, -0.2) is 0 Å². The second-order valence-electron chi connectivity index (χ2n) is 6.49. The summed E-state index contributed by atoms with van der Waals surface area (Å²) in [6.45, 7) is 2.54. The molecule has 1 heterocycles. The highest BCUT2D eigenvalue weighted by molar-refractivity contribution is 9.10. The number of benzene rings is 2. The van der Waals surface area contributed by atoms with Crippen LogP contribution in [-0.4, -0.2) is 23.2 Å². The first-order chi connectivity index (χ1) is 14.6. The number of nitrogens with one attached hydrogen (secondary N) is 1. The van der Waals surface area contributed by atoms with Gasteiger partial charge >= 0.3 is 0 Å². The van der Waals surface area contributed by atoms with E-state index in [1.54, 1.807) is 12.3 Å². The molecule has 0 fully saturated rings. The molecule has 0 bridgehead atoms. The molecule has 0 aliphatic rings. The third-order valence-electron chi connectivity index (χ3n) is 4.16. The largest absolute Gasteiger partial charge is 0.484 e. The van der Waals surface area contributed by atoms with Crippen LogP contribution in [0.4, 0.5) is 0 Å². The fourth-order valence-corrected chi connectivity index (χ4v) is 2.80. The number of hydrogen-bond acceptors (Lipinski definition) is 5. The van der Waals surface area contributed by atoms with Gasteiger partial charge in [0.25, 0.3) is 5.91 Å². The highest BCUT2D eigenvalue weighted by Gasteiger charge is 2.05. The molecule has 7 heteroatoms. The zero-order valence-corrected chi connectivity index (χ0v) is 18.1. The fraction of sp³-hybridized carbons (Fsp3) is 0.174. The number of amides is 1. The lowest BCUT2D eigenvalue weighted by Gasteiger charge is -2.09. The molecule has 0 unspecified atom stereocenters. The molecular weight excluding hydrogens is 446 g/mol. The van der Waals surface area contributed by atoms with Crippen molar-refractivity contribution < 1.29 is 14.4 Å². The number of oxime groups is 1. The van der Waals surface area contributed by atoms with Crippen LogP contribution >= 0.6 is 15.9 Å². The number of nitrogens with zero attached hydrogens (tertiary/aromatic N) is 2. The minimum Gasteiger partial charge on any atom is -0.484 e. The van der Waals surface area contributed by atoms with E-state index in [9.17, 15) is 4.79 Å². The molecule has 0 spiro atoms. The van der Waals surface area contributed by atoms with E-state index in [0.29, 0.717) is 18.9 Å². The number of pyridine rings is 1. The minimum absolute atomic E-state index is 0.0768. The van der Waals surface area contributed by atoms with Crippen LogP contribution in [0.15, 0.2) is 82.6 Å². The first-order valence-corrected chi connectivity index (χ1v) is 10.2. The van der Waals surface area contributed by atoms with Crippen molar-refractivity contribution in [3.63, 3.8) is 0 Å². The molecular formula is C23H22BrN3O3. The van der Waals surface area contributed by atoms with Crippen molar-refractivity contribution in [2.45, 2.75) is 20.1 Å². The average molecular weight is 468 g/mol. The number of hydrogen-bond donors (Lipinski definition) is 1. The normalized spacial score (nSPS) is 11.1. The second kappa shape index (κ2) is 11.1. The summed E-state index contributed by atoms with van der Waals surface area (Å²) in [6, 6.07) is 20.8. The standard InChI is InChI=1S/C23H22BrN3O3/c1-17(27-30-15-18-8-10-20(24)11-9-18)19-5-4-7-22(13-19)29-16-23(28)26-14-21-6-2-3-12-25-21/h2-13H,14-16H2,1H3,(H,26,28). The van der Waals surface area contributed by atoms with E-state index in [1.165, 1.54) is 0 Å². The number of aromatic nitrogens is 1. The van der Waals surface area contributed by atoms with Crippen molar-refractivity contribution in [3.8, 4) is 5.75 Å². The summed E-state index contributed by atoms with van der Waals surface area (Å²) < 4.78 is 6.62. The van der Waals surface area contributed by atoms with E-state index >= 15 is 0 Å². The van der Waals surface area contributed by atoms with Gasteiger partial charge in [-0.2, -0.15) is 0 Å². The van der Waals surface area contributed by atoms with Crippen LogP contribution < -0.4 is 10.1 Å². The summed E-state index contributed by atoms with van der Waals surface area (Å²) in [6.07, 6.45) is 1.69. The van der Waals surface area contributed by atoms with Gasteiger partial charge in [-0.15, -0.1) is 0 Å².